The fraction of sp³-hybridized carbons (Fsp3) is 0.667. The van der Waals surface area contributed by atoms with E-state index in [1.54, 1.807) is 6.92 Å². The number of aromatic nitrogens is 1. The van der Waals surface area contributed by atoms with E-state index in [-0.39, 0.29) is 23.0 Å². The van der Waals surface area contributed by atoms with Crippen LogP contribution in [0.4, 0.5) is 0 Å². The maximum atomic E-state index is 12.0. The summed E-state index contributed by atoms with van der Waals surface area (Å²) < 4.78 is 35.1. The number of rotatable bonds is 4. The maximum absolute atomic E-state index is 12.0. The van der Waals surface area contributed by atoms with Crippen LogP contribution >= 0.6 is 0 Å². The molecule has 2 bridgehead atoms. The number of nitrogens with zero attached hydrogens (tertiary/aromatic N) is 2. The van der Waals surface area contributed by atoms with E-state index in [9.17, 15) is 22.6 Å². The minimum Gasteiger partial charge on any atom is -0.747 e. The first kappa shape index (κ1) is 23.5. The Kier molecular flexibility index (Phi) is 6.59. The molecule has 8 heteroatoms. The Labute approximate surface area is 173 Å². The van der Waals surface area contributed by atoms with Gasteiger partial charge in [0.25, 0.3) is 5.91 Å². The van der Waals surface area contributed by atoms with Gasteiger partial charge in [-0.3, -0.25) is 9.59 Å². The highest BCUT2D eigenvalue weighted by molar-refractivity contribution is 7.87. The molecule has 1 aromatic heterocycles. The van der Waals surface area contributed by atoms with Crippen molar-refractivity contribution < 1.29 is 27.1 Å². The molecule has 7 nitrogen and oxygen atoms in total. The Morgan fingerprint density at radius 1 is 1.28 bits per heavy atom. The second-order valence-corrected chi connectivity index (χ2v) is 10.2. The van der Waals surface area contributed by atoms with Crippen molar-refractivity contribution in [3.8, 4) is 0 Å². The van der Waals surface area contributed by atoms with Crippen LogP contribution in [0.25, 0.3) is 0 Å². The van der Waals surface area contributed by atoms with Crippen LogP contribution in [-0.4, -0.2) is 47.9 Å². The molecule has 0 aliphatic heterocycles. The van der Waals surface area contributed by atoms with Gasteiger partial charge in [-0.05, 0) is 44.1 Å². The topological polar surface area (TPSA) is 98.5 Å². The zero-order valence-corrected chi connectivity index (χ0v) is 19.0. The van der Waals surface area contributed by atoms with E-state index in [2.05, 4.69) is 0 Å². The lowest BCUT2D eigenvalue weighted by Gasteiger charge is -2.32. The third kappa shape index (κ3) is 4.10. The molecule has 3 atom stereocenters. The Morgan fingerprint density at radius 2 is 1.86 bits per heavy atom. The van der Waals surface area contributed by atoms with Crippen molar-refractivity contribution in [2.24, 2.45) is 23.8 Å². The molecular formula is C21H32N2O5S. The number of carbonyl (C=O) groups excluding carboxylic acids is 2. The zero-order chi connectivity index (χ0) is 22.2. The molecule has 162 valence electrons. The van der Waals surface area contributed by atoms with E-state index in [0.717, 1.165) is 18.7 Å². The molecule has 0 spiro atoms. The maximum Gasteiger partial charge on any atom is 0.259 e. The molecule has 29 heavy (non-hydrogen) atoms. The summed E-state index contributed by atoms with van der Waals surface area (Å²) in [7, 11) is -2.58. The normalized spacial score (nSPS) is 27.3. The molecule has 2 fully saturated rings. The van der Waals surface area contributed by atoms with Crippen molar-refractivity contribution in [2.45, 2.75) is 52.7 Å². The number of amides is 1. The van der Waals surface area contributed by atoms with Crippen molar-refractivity contribution in [1.82, 2.24) is 4.90 Å². The summed E-state index contributed by atoms with van der Waals surface area (Å²) >= 11 is 0. The van der Waals surface area contributed by atoms with Gasteiger partial charge in [-0.15, -0.1) is 0 Å². The Balaban J connectivity index is 0.000000208. The first-order valence-corrected chi connectivity index (χ1v) is 11.5. The van der Waals surface area contributed by atoms with Crippen molar-refractivity contribution in [3.05, 3.63) is 30.1 Å². The van der Waals surface area contributed by atoms with Gasteiger partial charge in [0.15, 0.2) is 18.2 Å². The van der Waals surface area contributed by atoms with Gasteiger partial charge in [0, 0.05) is 24.6 Å². The first-order valence-electron chi connectivity index (χ1n) is 10.0. The highest BCUT2D eigenvalue weighted by Gasteiger charge is 2.67. The Morgan fingerprint density at radius 3 is 2.24 bits per heavy atom. The summed E-state index contributed by atoms with van der Waals surface area (Å²) in [6.45, 7) is 11.1. The number of Topliss-reactive ketones (excluding diaryl/α,β-unsaturated/α-hetero) is 1. The monoisotopic (exact) mass is 424 g/mol. The fourth-order valence-electron chi connectivity index (χ4n) is 4.74. The van der Waals surface area contributed by atoms with Gasteiger partial charge < -0.3 is 9.45 Å². The Hall–Kier alpha value is -1.80. The average Bonchev–Trinajstić information content (AvgIpc) is 2.94. The number of hydrogen-bond donors (Lipinski definition) is 0. The molecule has 2 aliphatic rings. The summed E-state index contributed by atoms with van der Waals surface area (Å²) in [5.74, 6) is -0.553. The number of pyridine rings is 1. The molecule has 2 aliphatic carbocycles. The largest absolute Gasteiger partial charge is 0.747 e. The summed E-state index contributed by atoms with van der Waals surface area (Å²) in [5.41, 5.74) is -0.245. The van der Waals surface area contributed by atoms with Gasteiger partial charge >= 0.3 is 0 Å². The SMILES string of the molecule is CC1(C)C2CC[C@@]1(C)C(=O)C2S(=O)(=O)[O-].CCN(CC)C(=O)c1ccc[n+](C)c1. The smallest absolute Gasteiger partial charge is 0.259 e. The highest BCUT2D eigenvalue weighted by Crippen LogP contribution is 2.64. The van der Waals surface area contributed by atoms with Gasteiger partial charge in [0.1, 0.15) is 28.0 Å². The average molecular weight is 425 g/mol. The van der Waals surface area contributed by atoms with Gasteiger partial charge in [-0.25, -0.2) is 13.0 Å². The van der Waals surface area contributed by atoms with E-state index in [4.69, 9.17) is 0 Å². The molecular weight excluding hydrogens is 392 g/mol. The summed E-state index contributed by atoms with van der Waals surface area (Å²) in [6, 6.07) is 3.73. The number of ketones is 1. The van der Waals surface area contributed by atoms with Gasteiger partial charge in [-0.2, -0.15) is 0 Å². The molecule has 2 unspecified atom stereocenters. The zero-order valence-electron chi connectivity index (χ0n) is 18.1. The lowest BCUT2D eigenvalue weighted by atomic mass is 9.70. The van der Waals surface area contributed by atoms with Crippen molar-refractivity contribution >= 4 is 21.8 Å². The summed E-state index contributed by atoms with van der Waals surface area (Å²) in [4.78, 5) is 25.7. The third-order valence-corrected chi connectivity index (χ3v) is 8.19. The number of carbonyl (C=O) groups is 2. The third-order valence-electron chi connectivity index (χ3n) is 7.02. The van der Waals surface area contributed by atoms with Crippen LogP contribution in [0.15, 0.2) is 24.5 Å². The van der Waals surface area contributed by atoms with Gasteiger partial charge in [0.05, 0.1) is 0 Å². The van der Waals surface area contributed by atoms with E-state index in [1.807, 2.05) is 68.7 Å². The predicted molar refractivity (Wildman–Crippen MR) is 108 cm³/mol. The molecule has 0 aromatic carbocycles. The highest BCUT2D eigenvalue weighted by atomic mass is 32.2. The quantitative estimate of drug-likeness (QED) is 0.543. The lowest BCUT2D eigenvalue weighted by molar-refractivity contribution is -0.671. The molecule has 3 rings (SSSR count). The van der Waals surface area contributed by atoms with E-state index in [1.165, 1.54) is 0 Å². The minimum atomic E-state index is -4.49. The van der Waals surface area contributed by atoms with E-state index >= 15 is 0 Å². The lowest BCUT2D eigenvalue weighted by Crippen LogP contribution is -2.38. The first-order chi connectivity index (χ1) is 13.3. The van der Waals surface area contributed by atoms with Crippen molar-refractivity contribution in [2.75, 3.05) is 13.1 Å². The standard InChI is InChI=1S/C11H17N2O.C10H16O4S/c1-4-13(5-2)11(14)10-7-6-8-12(3)9-10;1-9(2)6-4-5-10(9,3)8(11)7(6)15(12,13)14/h6-9H,4-5H2,1-3H3;6-7H,4-5H2,1-3H3,(H,12,13,14)/q+1;/p-1/t;6?,7?,10-/m.0/s1. The number of fused-ring (bicyclic) bond motifs is 2. The molecule has 1 heterocycles. The molecule has 0 N–H and O–H groups in total. The van der Waals surface area contributed by atoms with Crippen LogP contribution < -0.4 is 4.57 Å². The molecule has 2 saturated carbocycles. The van der Waals surface area contributed by atoms with Gasteiger partial charge in [0.2, 0.25) is 0 Å². The van der Waals surface area contributed by atoms with Crippen LogP contribution in [-0.2, 0) is 22.0 Å². The number of hydrogen-bond acceptors (Lipinski definition) is 5. The summed E-state index contributed by atoms with van der Waals surface area (Å²) in [5, 5.41) is -1.30. The Bertz CT molecular complexity index is 892. The van der Waals surface area contributed by atoms with Crippen molar-refractivity contribution in [1.29, 1.82) is 0 Å². The second kappa shape index (κ2) is 8.14. The number of aryl methyl sites for hydroxylation is 1. The molecule has 0 saturated heterocycles. The van der Waals surface area contributed by atoms with Crippen LogP contribution in [0.5, 0.6) is 0 Å². The summed E-state index contributed by atoms with van der Waals surface area (Å²) in [6.07, 6.45) is 5.14. The van der Waals surface area contributed by atoms with Crippen LogP contribution in [0.3, 0.4) is 0 Å². The molecule has 1 aromatic rings. The van der Waals surface area contributed by atoms with Crippen LogP contribution in [0, 0.1) is 16.7 Å². The van der Waals surface area contributed by atoms with Crippen molar-refractivity contribution in [3.63, 3.8) is 0 Å². The molecule has 0 radical (unpaired) electrons. The predicted octanol–water partition coefficient (Wildman–Crippen LogP) is 1.92. The second-order valence-electron chi connectivity index (χ2n) is 8.71. The fourth-order valence-corrected chi connectivity index (χ4v) is 6.14. The minimum absolute atomic E-state index is 0.103. The van der Waals surface area contributed by atoms with E-state index in [0.29, 0.717) is 12.8 Å². The van der Waals surface area contributed by atoms with Crippen LogP contribution in [0.2, 0.25) is 0 Å². The van der Waals surface area contributed by atoms with E-state index < -0.39 is 20.8 Å². The molecule has 1 amide bonds. The van der Waals surface area contributed by atoms with Crippen LogP contribution in [0.1, 0.15) is 57.8 Å². The van der Waals surface area contributed by atoms with Gasteiger partial charge in [-0.1, -0.05) is 20.8 Å².